The first-order valence-electron chi connectivity index (χ1n) is 6.58. The van der Waals surface area contributed by atoms with E-state index < -0.39 is 0 Å². The van der Waals surface area contributed by atoms with Gasteiger partial charge in [-0.1, -0.05) is 25.7 Å². The van der Waals surface area contributed by atoms with Crippen LogP contribution in [0.5, 0.6) is 0 Å². The molecule has 0 aromatic carbocycles. The van der Waals surface area contributed by atoms with Crippen molar-refractivity contribution in [1.29, 1.82) is 0 Å². The number of nitrogens with two attached hydrogens (primary N) is 1. The third-order valence-electron chi connectivity index (χ3n) is 2.93. The second-order valence-corrected chi connectivity index (χ2v) is 5.30. The highest BCUT2D eigenvalue weighted by Crippen LogP contribution is 2.17. The molecule has 0 unspecified atom stereocenters. The number of rotatable bonds is 4. The third kappa shape index (κ3) is 3.46. The normalized spacial score (nSPS) is 10.3. The van der Waals surface area contributed by atoms with E-state index in [4.69, 9.17) is 5.73 Å². The number of aryl methyl sites for hydroxylation is 2. The molecule has 100 valence electrons. The first kappa shape index (κ1) is 13.9. The largest absolute Gasteiger partial charge is 0.320 e. The summed E-state index contributed by atoms with van der Waals surface area (Å²) in [6.45, 7) is 5.54. The van der Waals surface area contributed by atoms with Crippen molar-refractivity contribution in [2.45, 2.75) is 33.2 Å². The molecule has 0 spiro atoms. The Morgan fingerprint density at radius 2 is 2.16 bits per heavy atom. The van der Waals surface area contributed by atoms with Crippen LogP contribution in [-0.2, 0) is 19.4 Å². The van der Waals surface area contributed by atoms with Crippen LogP contribution in [0.15, 0.2) is 17.5 Å². The number of hydrogen-bond donors (Lipinski definition) is 1. The molecule has 0 saturated heterocycles. The molecule has 0 bridgehead atoms. The van der Waals surface area contributed by atoms with Crippen LogP contribution in [-0.4, -0.2) is 16.3 Å². The lowest BCUT2D eigenvalue weighted by Gasteiger charge is -2.03. The standard InChI is InChI=1S/C15H19N3S/c1-3-13-9-14(4-2)18(17-13)10-15-8-12(11-19-15)6-5-7-16/h8-9,11H,3-4,7,10,16H2,1-2H3. The molecule has 2 aromatic heterocycles. The van der Waals surface area contributed by atoms with Gasteiger partial charge in [0.1, 0.15) is 0 Å². The average molecular weight is 273 g/mol. The zero-order valence-corrected chi connectivity index (χ0v) is 12.3. The van der Waals surface area contributed by atoms with E-state index in [-0.39, 0.29) is 0 Å². The van der Waals surface area contributed by atoms with E-state index in [0.29, 0.717) is 6.54 Å². The van der Waals surface area contributed by atoms with E-state index in [1.54, 1.807) is 11.3 Å². The van der Waals surface area contributed by atoms with Crippen molar-refractivity contribution in [3.8, 4) is 11.8 Å². The molecule has 0 saturated carbocycles. The van der Waals surface area contributed by atoms with Crippen molar-refractivity contribution < 1.29 is 0 Å². The van der Waals surface area contributed by atoms with Crippen LogP contribution in [0.4, 0.5) is 0 Å². The molecule has 0 amide bonds. The van der Waals surface area contributed by atoms with Crippen LogP contribution in [0.1, 0.15) is 35.7 Å². The minimum atomic E-state index is 0.407. The van der Waals surface area contributed by atoms with E-state index in [9.17, 15) is 0 Å². The highest BCUT2D eigenvalue weighted by molar-refractivity contribution is 7.10. The predicted octanol–water partition coefficient (Wildman–Crippen LogP) is 2.43. The van der Waals surface area contributed by atoms with Crippen molar-refractivity contribution >= 4 is 11.3 Å². The number of aromatic nitrogens is 2. The van der Waals surface area contributed by atoms with E-state index >= 15 is 0 Å². The van der Waals surface area contributed by atoms with Crippen LogP contribution in [0, 0.1) is 11.8 Å². The summed E-state index contributed by atoms with van der Waals surface area (Å²) >= 11 is 1.73. The van der Waals surface area contributed by atoms with Crippen molar-refractivity contribution in [2.75, 3.05) is 6.54 Å². The van der Waals surface area contributed by atoms with Gasteiger partial charge in [-0.05, 0) is 25.0 Å². The molecule has 2 heterocycles. The van der Waals surface area contributed by atoms with Crippen molar-refractivity contribution in [1.82, 2.24) is 9.78 Å². The van der Waals surface area contributed by atoms with Crippen LogP contribution in [0.3, 0.4) is 0 Å². The molecule has 0 radical (unpaired) electrons. The van der Waals surface area contributed by atoms with Crippen LogP contribution in [0.2, 0.25) is 0 Å². The Morgan fingerprint density at radius 1 is 1.32 bits per heavy atom. The quantitative estimate of drug-likeness (QED) is 0.870. The minimum Gasteiger partial charge on any atom is -0.320 e. The summed E-state index contributed by atoms with van der Waals surface area (Å²) in [6, 6.07) is 4.32. The molecule has 0 fully saturated rings. The summed E-state index contributed by atoms with van der Waals surface area (Å²) < 4.78 is 2.10. The molecular weight excluding hydrogens is 254 g/mol. The topological polar surface area (TPSA) is 43.8 Å². The van der Waals surface area contributed by atoms with E-state index in [1.807, 2.05) is 0 Å². The van der Waals surface area contributed by atoms with Gasteiger partial charge < -0.3 is 5.73 Å². The summed E-state index contributed by atoms with van der Waals surface area (Å²) in [4.78, 5) is 1.28. The van der Waals surface area contributed by atoms with Crippen molar-refractivity contribution in [3.63, 3.8) is 0 Å². The van der Waals surface area contributed by atoms with Gasteiger partial charge in [0, 0.05) is 21.5 Å². The van der Waals surface area contributed by atoms with Gasteiger partial charge in [0.2, 0.25) is 0 Å². The lowest BCUT2D eigenvalue weighted by atomic mass is 10.2. The Hall–Kier alpha value is -1.57. The molecule has 0 aliphatic rings. The molecule has 2 rings (SSSR count). The second kappa shape index (κ2) is 6.55. The Balaban J connectivity index is 2.16. The Morgan fingerprint density at radius 3 is 2.84 bits per heavy atom. The predicted molar refractivity (Wildman–Crippen MR) is 80.3 cm³/mol. The summed E-state index contributed by atoms with van der Waals surface area (Å²) in [5.74, 6) is 5.94. The first-order valence-corrected chi connectivity index (χ1v) is 7.46. The van der Waals surface area contributed by atoms with Gasteiger partial charge in [0.05, 0.1) is 18.8 Å². The SMILES string of the molecule is CCc1cc(CC)n(Cc2cc(C#CCN)cs2)n1. The lowest BCUT2D eigenvalue weighted by molar-refractivity contribution is 0.646. The van der Waals surface area contributed by atoms with E-state index in [1.165, 1.54) is 10.6 Å². The summed E-state index contributed by atoms with van der Waals surface area (Å²) in [6.07, 6.45) is 2.00. The fraction of sp³-hybridized carbons (Fsp3) is 0.400. The molecule has 4 heteroatoms. The molecule has 0 aliphatic heterocycles. The fourth-order valence-electron chi connectivity index (χ4n) is 1.94. The third-order valence-corrected chi connectivity index (χ3v) is 3.85. The van der Waals surface area contributed by atoms with Crippen LogP contribution >= 0.6 is 11.3 Å². The van der Waals surface area contributed by atoms with Gasteiger partial charge in [-0.25, -0.2) is 0 Å². The summed E-state index contributed by atoms with van der Waals surface area (Å²) in [5.41, 5.74) is 8.88. The maximum absolute atomic E-state index is 5.38. The highest BCUT2D eigenvalue weighted by Gasteiger charge is 2.07. The van der Waals surface area contributed by atoms with Crippen LogP contribution in [0.25, 0.3) is 0 Å². The number of thiophene rings is 1. The van der Waals surface area contributed by atoms with Crippen molar-refractivity contribution in [3.05, 3.63) is 39.3 Å². The first-order chi connectivity index (χ1) is 9.26. The fourth-order valence-corrected chi connectivity index (χ4v) is 2.74. The molecule has 3 nitrogen and oxygen atoms in total. The maximum atomic E-state index is 5.38. The number of nitrogens with zero attached hydrogens (tertiary/aromatic N) is 2. The smallest absolute Gasteiger partial charge is 0.0755 e. The zero-order chi connectivity index (χ0) is 13.7. The minimum absolute atomic E-state index is 0.407. The highest BCUT2D eigenvalue weighted by atomic mass is 32.1. The van der Waals surface area contributed by atoms with Gasteiger partial charge in [-0.3, -0.25) is 4.68 Å². The Bertz CT molecular complexity index is 598. The summed E-state index contributed by atoms with van der Waals surface area (Å²) in [7, 11) is 0. The molecule has 0 atom stereocenters. The monoisotopic (exact) mass is 273 g/mol. The number of hydrogen-bond acceptors (Lipinski definition) is 3. The molecule has 19 heavy (non-hydrogen) atoms. The van der Waals surface area contributed by atoms with Crippen molar-refractivity contribution in [2.24, 2.45) is 5.73 Å². The lowest BCUT2D eigenvalue weighted by Crippen LogP contribution is -2.04. The van der Waals surface area contributed by atoms with Gasteiger partial charge >= 0.3 is 0 Å². The average Bonchev–Trinajstić information content (AvgIpc) is 3.03. The molecule has 2 N–H and O–H groups in total. The van der Waals surface area contributed by atoms with Gasteiger partial charge in [-0.15, -0.1) is 11.3 Å². The Labute approximate surface area is 118 Å². The summed E-state index contributed by atoms with van der Waals surface area (Å²) in [5, 5.41) is 6.71. The molecule has 0 aliphatic carbocycles. The van der Waals surface area contributed by atoms with Gasteiger partial charge in [-0.2, -0.15) is 5.10 Å². The Kier molecular flexibility index (Phi) is 4.78. The molecular formula is C15H19N3S. The maximum Gasteiger partial charge on any atom is 0.0755 e. The van der Waals surface area contributed by atoms with Gasteiger partial charge in [0.25, 0.3) is 0 Å². The van der Waals surface area contributed by atoms with E-state index in [2.05, 4.69) is 53.0 Å². The molecule has 2 aromatic rings. The van der Waals surface area contributed by atoms with Gasteiger partial charge in [0.15, 0.2) is 0 Å². The van der Waals surface area contributed by atoms with Crippen LogP contribution < -0.4 is 5.73 Å². The second-order valence-electron chi connectivity index (χ2n) is 4.30. The van der Waals surface area contributed by atoms with E-state index in [0.717, 1.165) is 30.6 Å². The zero-order valence-electron chi connectivity index (χ0n) is 11.4.